The lowest BCUT2D eigenvalue weighted by molar-refractivity contribution is 0.0566. The van der Waals surface area contributed by atoms with Gasteiger partial charge in [0.15, 0.2) is 0 Å². The van der Waals surface area contributed by atoms with Gasteiger partial charge in [0.05, 0.1) is 12.0 Å². The maximum Gasteiger partial charge on any atom is 0.333 e. The summed E-state index contributed by atoms with van der Waals surface area (Å²) in [5.74, 6) is 0.183. The van der Waals surface area contributed by atoms with Crippen LogP contribution in [0.3, 0.4) is 0 Å². The zero-order valence-corrected chi connectivity index (χ0v) is 18.8. The lowest BCUT2D eigenvalue weighted by Crippen LogP contribution is -2.41. The number of H-pyrrole nitrogens is 1. The molecule has 1 atom stereocenters. The van der Waals surface area contributed by atoms with Crippen LogP contribution in [-0.2, 0) is 6.42 Å². The molecule has 1 saturated carbocycles. The summed E-state index contributed by atoms with van der Waals surface area (Å²) in [6.45, 7) is -2.43. The molecule has 4 aromatic heterocycles. The smallest absolute Gasteiger partial charge is 0.333 e. The van der Waals surface area contributed by atoms with Crippen molar-refractivity contribution in [3.8, 4) is 11.6 Å². The molecule has 10 nitrogen and oxygen atoms in total. The Morgan fingerprint density at radius 1 is 1.14 bits per heavy atom. The average molecular weight is 491 g/mol. The minimum Gasteiger partial charge on any atom is -0.458 e. The number of nitrogens with zero attached hydrogens (tertiary/aromatic N) is 6. The molecule has 1 aliphatic heterocycles. The van der Waals surface area contributed by atoms with Crippen LogP contribution < -0.4 is 0 Å². The van der Waals surface area contributed by atoms with Gasteiger partial charge in [0.1, 0.15) is 23.1 Å². The number of aromatic amines is 1. The maximum absolute atomic E-state index is 13.7. The molecular formula is C24H19F2N7O3. The van der Waals surface area contributed by atoms with Crippen LogP contribution in [0, 0.1) is 0 Å². The SMILES string of the molecule is O=C(c1nnc(-c2ccn(C(F)F)n2)o1)N1CCc2[nH]cnc2[C@H]1c1oc2ccccc2c1C1CC1. The lowest BCUT2D eigenvalue weighted by Gasteiger charge is -2.33. The fraction of sp³-hybridized carbons (Fsp3) is 0.292. The van der Waals surface area contributed by atoms with E-state index in [0.29, 0.717) is 35.0 Å². The standard InChI is InChI=1S/C24H19F2N7O3/c25-24(26)33-10-8-15(31-33)21-29-30-22(36-21)23(34)32-9-7-14-18(28-11-27-14)19(32)20-17(12-5-6-12)13-3-1-2-4-16(13)35-20/h1-4,8,10-12,19,24H,5-7,9H2,(H,27,28)/t19-/m0/s1. The molecule has 12 heteroatoms. The molecule has 1 aliphatic carbocycles. The topological polar surface area (TPSA) is 119 Å². The van der Waals surface area contributed by atoms with Crippen LogP contribution in [0.2, 0.25) is 0 Å². The third-order valence-electron chi connectivity index (χ3n) is 6.72. The van der Waals surface area contributed by atoms with Crippen molar-refractivity contribution in [3.05, 3.63) is 71.5 Å². The number of fused-ring (bicyclic) bond motifs is 2. The number of furan rings is 1. The van der Waals surface area contributed by atoms with Crippen molar-refractivity contribution in [2.45, 2.75) is 37.8 Å². The van der Waals surface area contributed by atoms with Crippen molar-refractivity contribution in [3.63, 3.8) is 0 Å². The monoisotopic (exact) mass is 491 g/mol. The number of amides is 1. The number of para-hydroxylation sites is 1. The number of alkyl halides is 2. The Morgan fingerprint density at radius 3 is 2.81 bits per heavy atom. The highest BCUT2D eigenvalue weighted by molar-refractivity contribution is 5.91. The Labute approximate surface area is 201 Å². The second-order valence-electron chi connectivity index (χ2n) is 8.94. The van der Waals surface area contributed by atoms with Gasteiger partial charge in [-0.3, -0.25) is 4.79 Å². The molecule has 0 bridgehead atoms. The minimum absolute atomic E-state index is 0.0555. The van der Waals surface area contributed by atoms with Crippen LogP contribution in [0.5, 0.6) is 0 Å². The van der Waals surface area contributed by atoms with Gasteiger partial charge in [-0.05, 0) is 30.9 Å². The summed E-state index contributed by atoms with van der Waals surface area (Å²) in [6, 6.07) is 8.61. The van der Waals surface area contributed by atoms with Gasteiger partial charge in [-0.25, -0.2) is 9.67 Å². The molecule has 0 unspecified atom stereocenters. The first-order valence-electron chi connectivity index (χ1n) is 11.6. The third-order valence-corrected chi connectivity index (χ3v) is 6.72. The Hall–Kier alpha value is -4.35. The zero-order valence-electron chi connectivity index (χ0n) is 18.8. The van der Waals surface area contributed by atoms with Gasteiger partial charge in [0.2, 0.25) is 0 Å². The summed E-state index contributed by atoms with van der Waals surface area (Å²) < 4.78 is 38.2. The molecule has 0 spiro atoms. The van der Waals surface area contributed by atoms with Crippen LogP contribution in [0.1, 0.15) is 64.7 Å². The van der Waals surface area contributed by atoms with E-state index >= 15 is 0 Å². The summed E-state index contributed by atoms with van der Waals surface area (Å²) in [6.07, 6.45) is 5.41. The third kappa shape index (κ3) is 3.24. The number of benzene rings is 1. The van der Waals surface area contributed by atoms with E-state index in [9.17, 15) is 13.6 Å². The number of nitrogens with one attached hydrogen (secondary N) is 1. The van der Waals surface area contributed by atoms with Crippen LogP contribution in [0.15, 0.2) is 51.7 Å². The summed E-state index contributed by atoms with van der Waals surface area (Å²) in [7, 11) is 0. The number of carbonyl (C=O) groups excluding carboxylic acids is 1. The summed E-state index contributed by atoms with van der Waals surface area (Å²) >= 11 is 0. The normalized spacial score (nSPS) is 17.8. The molecule has 2 aliphatic rings. The molecule has 0 saturated heterocycles. The lowest BCUT2D eigenvalue weighted by atomic mass is 9.95. The van der Waals surface area contributed by atoms with Crippen LogP contribution >= 0.6 is 0 Å². The summed E-state index contributed by atoms with van der Waals surface area (Å²) in [5, 5.41) is 12.5. The van der Waals surface area contributed by atoms with Crippen molar-refractivity contribution in [2.75, 3.05) is 6.54 Å². The Morgan fingerprint density at radius 2 is 2.00 bits per heavy atom. The molecule has 1 N–H and O–H groups in total. The Balaban J connectivity index is 1.30. The number of aromatic nitrogens is 6. The predicted octanol–water partition coefficient (Wildman–Crippen LogP) is 4.46. The average Bonchev–Trinajstić information content (AvgIpc) is 3.34. The number of rotatable bonds is 5. The van der Waals surface area contributed by atoms with Gasteiger partial charge < -0.3 is 18.7 Å². The first kappa shape index (κ1) is 21.0. The van der Waals surface area contributed by atoms with Gasteiger partial charge >= 0.3 is 18.3 Å². The molecule has 5 heterocycles. The molecule has 182 valence electrons. The summed E-state index contributed by atoms with van der Waals surface area (Å²) in [5.41, 5.74) is 3.58. The highest BCUT2D eigenvalue weighted by atomic mass is 19.3. The van der Waals surface area contributed by atoms with Crippen LogP contribution in [-0.4, -0.2) is 47.3 Å². The molecule has 36 heavy (non-hydrogen) atoms. The predicted molar refractivity (Wildman–Crippen MR) is 120 cm³/mol. The number of hydrogen-bond donors (Lipinski definition) is 1. The quantitative estimate of drug-likeness (QED) is 0.385. The molecule has 1 amide bonds. The van der Waals surface area contributed by atoms with Crippen molar-refractivity contribution in [1.29, 1.82) is 0 Å². The largest absolute Gasteiger partial charge is 0.458 e. The first-order valence-corrected chi connectivity index (χ1v) is 11.6. The minimum atomic E-state index is -2.80. The number of imidazole rings is 1. The zero-order chi connectivity index (χ0) is 24.4. The van der Waals surface area contributed by atoms with E-state index in [4.69, 9.17) is 8.83 Å². The second-order valence-corrected chi connectivity index (χ2v) is 8.94. The summed E-state index contributed by atoms with van der Waals surface area (Å²) in [4.78, 5) is 23.0. The van der Waals surface area contributed by atoms with E-state index in [2.05, 4.69) is 25.3 Å². The fourth-order valence-corrected chi connectivity index (χ4v) is 4.94. The highest BCUT2D eigenvalue weighted by Gasteiger charge is 2.42. The van der Waals surface area contributed by atoms with Crippen molar-refractivity contribution >= 4 is 16.9 Å². The van der Waals surface area contributed by atoms with Gasteiger partial charge in [-0.2, -0.15) is 13.9 Å². The van der Waals surface area contributed by atoms with Crippen molar-refractivity contribution < 1.29 is 22.4 Å². The first-order chi connectivity index (χ1) is 17.6. The van der Waals surface area contributed by atoms with E-state index < -0.39 is 18.5 Å². The Bertz CT molecular complexity index is 1600. The van der Waals surface area contributed by atoms with E-state index in [-0.39, 0.29) is 17.5 Å². The van der Waals surface area contributed by atoms with Crippen molar-refractivity contribution in [1.82, 2.24) is 34.8 Å². The van der Waals surface area contributed by atoms with Gasteiger partial charge in [0.25, 0.3) is 5.89 Å². The molecule has 1 fully saturated rings. The van der Waals surface area contributed by atoms with E-state index in [1.165, 1.54) is 6.07 Å². The van der Waals surface area contributed by atoms with Gasteiger partial charge in [-0.1, -0.05) is 18.2 Å². The fourth-order valence-electron chi connectivity index (χ4n) is 4.94. The molecule has 5 aromatic rings. The molecule has 0 radical (unpaired) electrons. The molecule has 1 aromatic carbocycles. The van der Waals surface area contributed by atoms with E-state index in [0.717, 1.165) is 41.3 Å². The van der Waals surface area contributed by atoms with E-state index in [1.807, 2.05) is 24.3 Å². The van der Waals surface area contributed by atoms with Gasteiger partial charge in [-0.15, -0.1) is 10.2 Å². The molecular weight excluding hydrogens is 472 g/mol. The number of hydrogen-bond acceptors (Lipinski definition) is 7. The maximum atomic E-state index is 13.7. The number of halogens is 2. The van der Waals surface area contributed by atoms with Crippen LogP contribution in [0.4, 0.5) is 8.78 Å². The number of carbonyl (C=O) groups is 1. The highest BCUT2D eigenvalue weighted by Crippen LogP contribution is 2.50. The van der Waals surface area contributed by atoms with Crippen LogP contribution in [0.25, 0.3) is 22.6 Å². The molecule has 7 rings (SSSR count). The Kier molecular flexibility index (Phi) is 4.56. The van der Waals surface area contributed by atoms with Crippen molar-refractivity contribution in [2.24, 2.45) is 0 Å². The van der Waals surface area contributed by atoms with E-state index in [1.54, 1.807) is 11.2 Å². The second kappa shape index (κ2) is 7.83. The van der Waals surface area contributed by atoms with Gasteiger partial charge in [0, 0.05) is 35.8 Å².